The van der Waals surface area contributed by atoms with Crippen molar-refractivity contribution >= 4 is 11.8 Å². The number of piperazine rings is 1. The minimum Gasteiger partial charge on any atom is -0.493 e. The van der Waals surface area contributed by atoms with E-state index in [0.717, 1.165) is 52.1 Å². The third-order valence-corrected chi connectivity index (χ3v) is 7.79. The van der Waals surface area contributed by atoms with Crippen LogP contribution in [0.5, 0.6) is 11.5 Å². The van der Waals surface area contributed by atoms with Gasteiger partial charge in [-0.2, -0.15) is 0 Å². The van der Waals surface area contributed by atoms with Gasteiger partial charge in [0.05, 0.1) is 33.5 Å². The standard InChI is InChI=1S/C27H42N4O5/c1-34-23-9-8-22(20-24(23)35-2)27(33)31-14-12-30(13-15-31)25(21-6-3-4-7-21)26(32)28-10-5-11-29-16-18-36-19-17-29/h8-9,20-21,25H,3-7,10-19H2,1-2H3,(H,28,32)/t25-/m1/s1. The van der Waals surface area contributed by atoms with Crippen LogP contribution in [0, 0.1) is 5.92 Å². The van der Waals surface area contributed by atoms with Gasteiger partial charge in [-0.15, -0.1) is 0 Å². The Kier molecular flexibility index (Phi) is 9.83. The van der Waals surface area contributed by atoms with Gasteiger partial charge >= 0.3 is 0 Å². The molecule has 2 heterocycles. The summed E-state index contributed by atoms with van der Waals surface area (Å²) in [4.78, 5) is 33.1. The zero-order chi connectivity index (χ0) is 25.3. The van der Waals surface area contributed by atoms with Crippen LogP contribution in [0.25, 0.3) is 0 Å². The van der Waals surface area contributed by atoms with E-state index in [9.17, 15) is 9.59 Å². The first kappa shape index (κ1) is 26.7. The third-order valence-electron chi connectivity index (χ3n) is 7.79. The van der Waals surface area contributed by atoms with E-state index in [2.05, 4.69) is 15.1 Å². The van der Waals surface area contributed by atoms with Crippen molar-refractivity contribution in [2.45, 2.75) is 38.1 Å². The highest BCUT2D eigenvalue weighted by Gasteiger charge is 2.37. The maximum atomic E-state index is 13.4. The molecule has 0 unspecified atom stereocenters. The minimum atomic E-state index is -0.103. The molecule has 1 aliphatic carbocycles. The van der Waals surface area contributed by atoms with Crippen molar-refractivity contribution in [3.8, 4) is 11.5 Å². The molecule has 1 aromatic carbocycles. The van der Waals surface area contributed by atoms with Gasteiger partial charge in [-0.05, 0) is 49.9 Å². The van der Waals surface area contributed by atoms with Gasteiger partial charge in [-0.1, -0.05) is 12.8 Å². The van der Waals surface area contributed by atoms with Crippen molar-refractivity contribution in [1.82, 2.24) is 20.0 Å². The molecule has 4 rings (SSSR count). The Balaban J connectivity index is 1.30. The smallest absolute Gasteiger partial charge is 0.254 e. The zero-order valence-electron chi connectivity index (χ0n) is 21.9. The second-order valence-electron chi connectivity index (χ2n) is 9.99. The first-order valence-corrected chi connectivity index (χ1v) is 13.4. The Bertz CT molecular complexity index is 862. The Morgan fingerprint density at radius 1 is 1.00 bits per heavy atom. The molecule has 0 radical (unpaired) electrons. The first-order chi connectivity index (χ1) is 17.6. The number of nitrogens with one attached hydrogen (secondary N) is 1. The van der Waals surface area contributed by atoms with Crippen LogP contribution >= 0.6 is 0 Å². The molecule has 9 nitrogen and oxygen atoms in total. The Labute approximate surface area is 215 Å². The van der Waals surface area contributed by atoms with Crippen molar-refractivity contribution in [3.63, 3.8) is 0 Å². The molecule has 2 aliphatic heterocycles. The van der Waals surface area contributed by atoms with E-state index in [4.69, 9.17) is 14.2 Å². The molecule has 200 valence electrons. The van der Waals surface area contributed by atoms with Crippen LogP contribution in [0.1, 0.15) is 42.5 Å². The molecule has 36 heavy (non-hydrogen) atoms. The molecule has 1 N–H and O–H groups in total. The molecule has 0 bridgehead atoms. The molecule has 1 aromatic rings. The molecule has 0 aromatic heterocycles. The molecule has 3 fully saturated rings. The quantitative estimate of drug-likeness (QED) is 0.489. The number of morpholine rings is 1. The van der Waals surface area contributed by atoms with E-state index >= 15 is 0 Å². The molecule has 0 spiro atoms. The van der Waals surface area contributed by atoms with Crippen molar-refractivity contribution < 1.29 is 23.8 Å². The van der Waals surface area contributed by atoms with E-state index in [1.165, 1.54) is 12.8 Å². The molecule has 1 atom stereocenters. The van der Waals surface area contributed by atoms with Crippen LogP contribution in [-0.2, 0) is 9.53 Å². The number of amides is 2. The first-order valence-electron chi connectivity index (χ1n) is 13.4. The zero-order valence-corrected chi connectivity index (χ0v) is 21.9. The summed E-state index contributed by atoms with van der Waals surface area (Å²) in [6.45, 7) is 7.90. The summed E-state index contributed by atoms with van der Waals surface area (Å²) >= 11 is 0. The van der Waals surface area contributed by atoms with Gasteiger partial charge in [0.25, 0.3) is 5.91 Å². The number of nitrogens with zero attached hydrogens (tertiary/aromatic N) is 3. The van der Waals surface area contributed by atoms with Gasteiger partial charge in [0.15, 0.2) is 11.5 Å². The Morgan fingerprint density at radius 3 is 2.36 bits per heavy atom. The number of carbonyl (C=O) groups is 2. The predicted molar refractivity (Wildman–Crippen MR) is 138 cm³/mol. The number of hydrogen-bond acceptors (Lipinski definition) is 7. The highest BCUT2D eigenvalue weighted by atomic mass is 16.5. The van der Waals surface area contributed by atoms with Crippen LogP contribution < -0.4 is 14.8 Å². The monoisotopic (exact) mass is 502 g/mol. The molecule has 3 aliphatic rings. The van der Waals surface area contributed by atoms with E-state index in [0.29, 0.717) is 55.7 Å². The van der Waals surface area contributed by atoms with Gasteiger partial charge in [0.2, 0.25) is 5.91 Å². The van der Waals surface area contributed by atoms with Crippen LogP contribution in [0.4, 0.5) is 0 Å². The lowest BCUT2D eigenvalue weighted by atomic mass is 9.95. The fraction of sp³-hybridized carbons (Fsp3) is 0.704. The van der Waals surface area contributed by atoms with Gasteiger partial charge < -0.3 is 24.4 Å². The summed E-state index contributed by atoms with van der Waals surface area (Å²) in [6, 6.07) is 5.18. The van der Waals surface area contributed by atoms with Crippen LogP contribution in [0.3, 0.4) is 0 Å². The lowest BCUT2D eigenvalue weighted by molar-refractivity contribution is -0.129. The van der Waals surface area contributed by atoms with E-state index in [-0.39, 0.29) is 17.9 Å². The largest absolute Gasteiger partial charge is 0.493 e. The summed E-state index contributed by atoms with van der Waals surface area (Å²) in [5.74, 6) is 1.70. The van der Waals surface area contributed by atoms with Crippen molar-refractivity contribution in [2.24, 2.45) is 5.92 Å². The van der Waals surface area contributed by atoms with E-state index in [1.807, 2.05) is 4.90 Å². The van der Waals surface area contributed by atoms with Crippen molar-refractivity contribution in [1.29, 1.82) is 0 Å². The highest BCUT2D eigenvalue weighted by molar-refractivity contribution is 5.95. The minimum absolute atomic E-state index is 0.0133. The van der Waals surface area contributed by atoms with E-state index in [1.54, 1.807) is 32.4 Å². The summed E-state index contributed by atoms with van der Waals surface area (Å²) < 4.78 is 16.1. The van der Waals surface area contributed by atoms with Crippen LogP contribution in [0.2, 0.25) is 0 Å². The molecule has 2 amide bonds. The van der Waals surface area contributed by atoms with Crippen molar-refractivity contribution in [3.05, 3.63) is 23.8 Å². The van der Waals surface area contributed by atoms with Crippen LogP contribution in [0.15, 0.2) is 18.2 Å². The number of carbonyl (C=O) groups excluding carboxylic acids is 2. The lowest BCUT2D eigenvalue weighted by Gasteiger charge is -2.40. The van der Waals surface area contributed by atoms with Gasteiger partial charge in [0, 0.05) is 51.4 Å². The number of hydrogen-bond donors (Lipinski definition) is 1. The number of ether oxygens (including phenoxy) is 3. The number of methoxy groups -OCH3 is 2. The second kappa shape index (κ2) is 13.3. The average molecular weight is 503 g/mol. The van der Waals surface area contributed by atoms with Gasteiger partial charge in [-0.3, -0.25) is 19.4 Å². The third kappa shape index (κ3) is 6.69. The van der Waals surface area contributed by atoms with E-state index < -0.39 is 0 Å². The summed E-state index contributed by atoms with van der Waals surface area (Å²) in [5.41, 5.74) is 0.589. The maximum absolute atomic E-state index is 13.4. The predicted octanol–water partition coefficient (Wildman–Crippen LogP) is 1.86. The Hall–Kier alpha value is -2.36. The number of rotatable bonds is 10. The number of benzene rings is 1. The Morgan fingerprint density at radius 2 is 1.69 bits per heavy atom. The highest BCUT2D eigenvalue weighted by Crippen LogP contribution is 2.32. The summed E-state index contributed by atoms with van der Waals surface area (Å²) in [6.07, 6.45) is 5.57. The maximum Gasteiger partial charge on any atom is 0.254 e. The molecular weight excluding hydrogens is 460 g/mol. The van der Waals surface area contributed by atoms with Gasteiger partial charge in [-0.25, -0.2) is 0 Å². The normalized spacial score (nSPS) is 20.8. The van der Waals surface area contributed by atoms with Gasteiger partial charge in [0.1, 0.15) is 0 Å². The lowest BCUT2D eigenvalue weighted by Crippen LogP contribution is -2.58. The second-order valence-corrected chi connectivity index (χ2v) is 9.99. The fourth-order valence-corrected chi connectivity index (χ4v) is 5.75. The summed E-state index contributed by atoms with van der Waals surface area (Å²) in [7, 11) is 3.15. The SMILES string of the molecule is COc1ccc(C(=O)N2CCN([C@@H](C(=O)NCCCN3CCOCC3)C3CCCC3)CC2)cc1OC. The van der Waals surface area contributed by atoms with Crippen LogP contribution in [-0.4, -0.2) is 112 Å². The molecule has 2 saturated heterocycles. The molecule has 1 saturated carbocycles. The summed E-state index contributed by atoms with van der Waals surface area (Å²) in [5, 5.41) is 3.24. The topological polar surface area (TPSA) is 83.6 Å². The van der Waals surface area contributed by atoms with Crippen molar-refractivity contribution in [2.75, 3.05) is 79.8 Å². The fourth-order valence-electron chi connectivity index (χ4n) is 5.75. The molecule has 9 heteroatoms. The molecular formula is C27H42N4O5. The average Bonchev–Trinajstić information content (AvgIpc) is 3.46.